The van der Waals surface area contributed by atoms with Crippen molar-refractivity contribution in [3.8, 4) is 11.4 Å². The van der Waals surface area contributed by atoms with Gasteiger partial charge in [0.2, 0.25) is 0 Å². The third-order valence-corrected chi connectivity index (χ3v) is 3.02. The van der Waals surface area contributed by atoms with E-state index in [0.717, 1.165) is 12.1 Å². The summed E-state index contributed by atoms with van der Waals surface area (Å²) >= 11 is 0. The average molecular weight is 306 g/mol. The number of benzene rings is 1. The molecule has 0 N–H and O–H groups in total. The van der Waals surface area contributed by atoms with E-state index in [9.17, 15) is 18.0 Å². The van der Waals surface area contributed by atoms with Crippen LogP contribution in [0.15, 0.2) is 59.7 Å². The van der Waals surface area contributed by atoms with E-state index in [1.165, 1.54) is 22.9 Å². The summed E-state index contributed by atoms with van der Waals surface area (Å²) in [5, 5.41) is 0.431. The molecule has 0 unspecified atom stereocenters. The lowest BCUT2D eigenvalue weighted by Gasteiger charge is -2.10. The van der Waals surface area contributed by atoms with E-state index >= 15 is 0 Å². The molecular weight excluding hydrogens is 297 g/mol. The fourth-order valence-corrected chi connectivity index (χ4v) is 2.09. The molecule has 7 heteroatoms. The summed E-state index contributed by atoms with van der Waals surface area (Å²) < 4.78 is 41.5. The van der Waals surface area contributed by atoms with Crippen molar-refractivity contribution in [3.05, 3.63) is 65.2 Å². The second kappa shape index (κ2) is 5.18. The van der Waals surface area contributed by atoms with Gasteiger partial charge >= 0.3 is 6.36 Å². The Balaban J connectivity index is 2.01. The highest BCUT2D eigenvalue weighted by Crippen LogP contribution is 2.23. The lowest BCUT2D eigenvalue weighted by atomic mass is 10.2. The first-order valence-corrected chi connectivity index (χ1v) is 6.27. The Kier molecular flexibility index (Phi) is 3.32. The van der Waals surface area contributed by atoms with Gasteiger partial charge in [0.25, 0.3) is 5.56 Å². The fourth-order valence-electron chi connectivity index (χ4n) is 2.09. The highest BCUT2D eigenvalue weighted by molar-refractivity contribution is 5.77. The van der Waals surface area contributed by atoms with Crippen LogP contribution in [0.1, 0.15) is 0 Å². The summed E-state index contributed by atoms with van der Waals surface area (Å²) in [6.07, 6.45) is -1.64. The molecule has 0 spiro atoms. The molecule has 2 heterocycles. The topological polar surface area (TPSA) is 44.1 Å². The number of alkyl halides is 3. The number of hydrogen-bond acceptors (Lipinski definition) is 3. The first kappa shape index (κ1) is 14.1. The van der Waals surface area contributed by atoms with Gasteiger partial charge in [-0.3, -0.25) is 14.3 Å². The highest BCUT2D eigenvalue weighted by atomic mass is 19.4. The molecule has 0 bridgehead atoms. The van der Waals surface area contributed by atoms with Crippen LogP contribution in [-0.2, 0) is 0 Å². The third kappa shape index (κ3) is 2.78. The summed E-state index contributed by atoms with van der Waals surface area (Å²) in [6.45, 7) is 0. The maximum Gasteiger partial charge on any atom is 0.573 e. The lowest BCUT2D eigenvalue weighted by Crippen LogP contribution is -2.18. The Morgan fingerprint density at radius 3 is 2.45 bits per heavy atom. The van der Waals surface area contributed by atoms with Gasteiger partial charge in [0, 0.05) is 18.1 Å². The van der Waals surface area contributed by atoms with Gasteiger partial charge in [0.1, 0.15) is 5.75 Å². The molecule has 0 amide bonds. The minimum atomic E-state index is -4.74. The number of nitrogens with zero attached hydrogens (tertiary/aromatic N) is 2. The van der Waals surface area contributed by atoms with Crippen LogP contribution in [0.25, 0.3) is 16.6 Å². The van der Waals surface area contributed by atoms with Crippen LogP contribution in [0, 0.1) is 0 Å². The molecule has 112 valence electrons. The Morgan fingerprint density at radius 1 is 1.05 bits per heavy atom. The molecule has 1 aromatic carbocycles. The van der Waals surface area contributed by atoms with Gasteiger partial charge < -0.3 is 4.74 Å². The molecule has 0 atom stereocenters. The van der Waals surface area contributed by atoms with Crippen molar-refractivity contribution < 1.29 is 17.9 Å². The molecule has 2 aromatic heterocycles. The van der Waals surface area contributed by atoms with E-state index in [1.807, 2.05) is 0 Å². The second-order valence-electron chi connectivity index (χ2n) is 4.47. The average Bonchev–Trinajstić information content (AvgIpc) is 2.47. The van der Waals surface area contributed by atoms with Crippen molar-refractivity contribution >= 4 is 10.9 Å². The van der Waals surface area contributed by atoms with Crippen LogP contribution in [0.2, 0.25) is 0 Å². The maximum atomic E-state index is 12.4. The normalized spacial score (nSPS) is 11.6. The van der Waals surface area contributed by atoms with Gasteiger partial charge in [-0.15, -0.1) is 13.2 Å². The van der Waals surface area contributed by atoms with Gasteiger partial charge in [-0.2, -0.15) is 0 Å². The summed E-state index contributed by atoms with van der Waals surface area (Å²) in [5.41, 5.74) is 0.696. The van der Waals surface area contributed by atoms with Crippen molar-refractivity contribution in [1.29, 1.82) is 0 Å². The number of aromatic nitrogens is 2. The van der Waals surface area contributed by atoms with E-state index in [4.69, 9.17) is 0 Å². The van der Waals surface area contributed by atoms with Gasteiger partial charge in [0.05, 0.1) is 10.9 Å². The van der Waals surface area contributed by atoms with E-state index < -0.39 is 6.36 Å². The van der Waals surface area contributed by atoms with Gasteiger partial charge in [-0.05, 0) is 42.5 Å². The molecule has 3 aromatic rings. The number of rotatable bonds is 2. The van der Waals surface area contributed by atoms with Gasteiger partial charge in [0.15, 0.2) is 0 Å². The minimum Gasteiger partial charge on any atom is -0.406 e. The van der Waals surface area contributed by atoms with Crippen molar-refractivity contribution in [2.45, 2.75) is 6.36 Å². The molecule has 4 nitrogen and oxygen atoms in total. The Bertz CT molecular complexity index is 870. The van der Waals surface area contributed by atoms with Crippen molar-refractivity contribution in [1.82, 2.24) is 9.55 Å². The minimum absolute atomic E-state index is 0.296. The SMILES string of the molecule is O=c1c2cccnc2ccn1-c1ccc(OC(F)(F)F)cc1. The van der Waals surface area contributed by atoms with Crippen LogP contribution >= 0.6 is 0 Å². The zero-order chi connectivity index (χ0) is 15.7. The van der Waals surface area contributed by atoms with Crippen LogP contribution < -0.4 is 10.3 Å². The number of pyridine rings is 2. The summed E-state index contributed by atoms with van der Waals surface area (Å²) in [4.78, 5) is 16.4. The van der Waals surface area contributed by atoms with Crippen molar-refractivity contribution in [2.75, 3.05) is 0 Å². The second-order valence-corrected chi connectivity index (χ2v) is 4.47. The molecule has 0 saturated carbocycles. The predicted octanol–water partition coefficient (Wildman–Crippen LogP) is 3.28. The Labute approximate surface area is 122 Å². The molecular formula is C15H9F3N2O2. The lowest BCUT2D eigenvalue weighted by molar-refractivity contribution is -0.274. The number of fused-ring (bicyclic) bond motifs is 1. The number of hydrogen-bond donors (Lipinski definition) is 0. The van der Waals surface area contributed by atoms with Crippen LogP contribution in [0.5, 0.6) is 5.75 Å². The number of halogens is 3. The molecule has 0 aliphatic rings. The van der Waals surface area contributed by atoms with E-state index in [1.54, 1.807) is 24.4 Å². The van der Waals surface area contributed by atoms with Crippen LogP contribution in [0.4, 0.5) is 13.2 Å². The predicted molar refractivity (Wildman–Crippen MR) is 74.0 cm³/mol. The standard InChI is InChI=1S/C15H9F3N2O2/c16-15(17,18)22-11-5-3-10(4-6-11)20-9-7-13-12(14(20)21)2-1-8-19-13/h1-9H. The summed E-state index contributed by atoms with van der Waals surface area (Å²) in [5.74, 6) is -0.341. The zero-order valence-electron chi connectivity index (χ0n) is 11.0. The van der Waals surface area contributed by atoms with E-state index in [-0.39, 0.29) is 11.3 Å². The molecule has 0 fully saturated rings. The Hall–Kier alpha value is -2.83. The van der Waals surface area contributed by atoms with Crippen molar-refractivity contribution in [3.63, 3.8) is 0 Å². The van der Waals surface area contributed by atoms with Crippen LogP contribution in [-0.4, -0.2) is 15.9 Å². The van der Waals surface area contributed by atoms with Crippen LogP contribution in [0.3, 0.4) is 0 Å². The maximum absolute atomic E-state index is 12.4. The van der Waals surface area contributed by atoms with E-state index in [0.29, 0.717) is 16.6 Å². The molecule has 3 rings (SSSR count). The smallest absolute Gasteiger partial charge is 0.406 e. The summed E-state index contributed by atoms with van der Waals surface area (Å²) in [6, 6.07) is 10.0. The molecule has 0 aliphatic heterocycles. The molecule has 0 saturated heterocycles. The van der Waals surface area contributed by atoms with E-state index in [2.05, 4.69) is 9.72 Å². The molecule has 0 aliphatic carbocycles. The summed E-state index contributed by atoms with van der Waals surface area (Å²) in [7, 11) is 0. The highest BCUT2D eigenvalue weighted by Gasteiger charge is 2.30. The monoisotopic (exact) mass is 306 g/mol. The van der Waals surface area contributed by atoms with Gasteiger partial charge in [-0.1, -0.05) is 0 Å². The third-order valence-electron chi connectivity index (χ3n) is 3.02. The Morgan fingerprint density at radius 2 is 1.77 bits per heavy atom. The molecule has 0 radical (unpaired) electrons. The molecule has 22 heavy (non-hydrogen) atoms. The number of ether oxygens (including phenoxy) is 1. The van der Waals surface area contributed by atoms with Crippen molar-refractivity contribution in [2.24, 2.45) is 0 Å². The first-order valence-electron chi connectivity index (χ1n) is 6.27. The fraction of sp³-hybridized carbons (Fsp3) is 0.0667. The first-order chi connectivity index (χ1) is 10.4. The van der Waals surface area contributed by atoms with Gasteiger partial charge in [-0.25, -0.2) is 0 Å². The zero-order valence-corrected chi connectivity index (χ0v) is 11.0. The largest absolute Gasteiger partial charge is 0.573 e. The quantitative estimate of drug-likeness (QED) is 0.730.